The van der Waals surface area contributed by atoms with E-state index in [0.717, 1.165) is 17.4 Å². The average Bonchev–Trinajstić information content (AvgIpc) is 2.51. The molecule has 1 saturated heterocycles. The first-order valence-electron chi connectivity index (χ1n) is 6.09. The number of halogens is 1. The molecule has 0 atom stereocenters. The smallest absolute Gasteiger partial charge is 0.131 e. The minimum Gasteiger partial charge on any atom is -0.299 e. The average molecular weight is 242 g/mol. The Hall–Kier alpha value is -0.540. The first-order valence-corrected chi connectivity index (χ1v) is 6.46. The molecule has 0 amide bonds. The Morgan fingerprint density at radius 1 is 1.19 bits per heavy atom. The Morgan fingerprint density at radius 2 is 1.81 bits per heavy atom. The van der Waals surface area contributed by atoms with E-state index in [2.05, 4.69) is 10.00 Å². The number of likely N-dealkylation sites (tertiary alicyclic amines) is 1. The van der Waals surface area contributed by atoms with Crippen LogP contribution in [-0.2, 0) is 13.6 Å². The maximum Gasteiger partial charge on any atom is 0.131 e. The summed E-state index contributed by atoms with van der Waals surface area (Å²) in [7, 11) is 1.90. The van der Waals surface area contributed by atoms with Gasteiger partial charge >= 0.3 is 0 Å². The highest BCUT2D eigenvalue weighted by Gasteiger charge is 2.16. The van der Waals surface area contributed by atoms with Crippen molar-refractivity contribution in [2.45, 2.75) is 39.2 Å². The summed E-state index contributed by atoms with van der Waals surface area (Å²) in [5.74, 6) is 0. The standard InChI is InChI=1S/C12H20ClN3/c1-10-11(12(13)15(2)14-10)9-16-7-5-3-4-6-8-16/h3-9H2,1-2H3. The summed E-state index contributed by atoms with van der Waals surface area (Å²) in [6.45, 7) is 5.40. The van der Waals surface area contributed by atoms with E-state index < -0.39 is 0 Å². The van der Waals surface area contributed by atoms with Crippen molar-refractivity contribution in [3.63, 3.8) is 0 Å². The third kappa shape index (κ3) is 2.58. The molecule has 0 N–H and O–H groups in total. The largest absolute Gasteiger partial charge is 0.299 e. The molecular weight excluding hydrogens is 222 g/mol. The van der Waals surface area contributed by atoms with Crippen LogP contribution >= 0.6 is 11.6 Å². The molecule has 2 heterocycles. The predicted molar refractivity (Wildman–Crippen MR) is 66.7 cm³/mol. The molecule has 0 aliphatic carbocycles. The van der Waals surface area contributed by atoms with Gasteiger partial charge in [-0.3, -0.25) is 9.58 Å². The van der Waals surface area contributed by atoms with E-state index in [1.54, 1.807) is 4.68 Å². The minimum atomic E-state index is 0.793. The summed E-state index contributed by atoms with van der Waals surface area (Å²) in [6, 6.07) is 0. The van der Waals surface area contributed by atoms with E-state index in [-0.39, 0.29) is 0 Å². The molecule has 1 aromatic heterocycles. The Bertz CT molecular complexity index is 351. The molecule has 16 heavy (non-hydrogen) atoms. The van der Waals surface area contributed by atoms with Gasteiger partial charge in [-0.25, -0.2) is 0 Å². The van der Waals surface area contributed by atoms with Gasteiger partial charge in [0.1, 0.15) is 5.15 Å². The lowest BCUT2D eigenvalue weighted by Crippen LogP contribution is -2.24. The van der Waals surface area contributed by atoms with Gasteiger partial charge in [0.15, 0.2) is 0 Å². The number of aryl methyl sites for hydroxylation is 2. The van der Waals surface area contributed by atoms with Crippen molar-refractivity contribution in [1.82, 2.24) is 14.7 Å². The topological polar surface area (TPSA) is 21.1 Å². The van der Waals surface area contributed by atoms with E-state index >= 15 is 0 Å². The van der Waals surface area contributed by atoms with Gasteiger partial charge < -0.3 is 0 Å². The summed E-state index contributed by atoms with van der Waals surface area (Å²) in [4.78, 5) is 2.50. The predicted octanol–water partition coefficient (Wildman–Crippen LogP) is 2.76. The molecule has 3 nitrogen and oxygen atoms in total. The fourth-order valence-corrected chi connectivity index (χ4v) is 2.61. The second kappa shape index (κ2) is 5.19. The fourth-order valence-electron chi connectivity index (χ4n) is 2.37. The Balaban J connectivity index is 2.07. The van der Waals surface area contributed by atoms with Crippen LogP contribution in [0.3, 0.4) is 0 Å². The van der Waals surface area contributed by atoms with Crippen molar-refractivity contribution >= 4 is 11.6 Å². The lowest BCUT2D eigenvalue weighted by atomic mass is 10.2. The van der Waals surface area contributed by atoms with E-state index in [9.17, 15) is 0 Å². The second-order valence-corrected chi connectivity index (χ2v) is 5.03. The molecule has 0 spiro atoms. The number of nitrogens with zero attached hydrogens (tertiary/aromatic N) is 3. The monoisotopic (exact) mass is 241 g/mol. The third-order valence-electron chi connectivity index (χ3n) is 3.35. The van der Waals surface area contributed by atoms with E-state index in [1.807, 2.05) is 14.0 Å². The molecule has 0 bridgehead atoms. The van der Waals surface area contributed by atoms with Gasteiger partial charge in [-0.1, -0.05) is 24.4 Å². The second-order valence-electron chi connectivity index (χ2n) is 4.67. The van der Waals surface area contributed by atoms with Crippen LogP contribution in [0.25, 0.3) is 0 Å². The molecule has 0 radical (unpaired) electrons. The molecule has 1 aliphatic rings. The van der Waals surface area contributed by atoms with Crippen molar-refractivity contribution in [3.8, 4) is 0 Å². The number of hydrogen-bond acceptors (Lipinski definition) is 2. The fraction of sp³-hybridized carbons (Fsp3) is 0.750. The zero-order chi connectivity index (χ0) is 11.5. The molecule has 90 valence electrons. The Labute approximate surface area is 102 Å². The van der Waals surface area contributed by atoms with Crippen molar-refractivity contribution in [2.24, 2.45) is 7.05 Å². The summed E-state index contributed by atoms with van der Waals surface area (Å²) < 4.78 is 1.77. The molecule has 0 unspecified atom stereocenters. The van der Waals surface area contributed by atoms with Crippen LogP contribution in [0.4, 0.5) is 0 Å². The third-order valence-corrected chi connectivity index (χ3v) is 3.82. The van der Waals surface area contributed by atoms with Gasteiger partial charge in [0.25, 0.3) is 0 Å². The molecule has 1 fully saturated rings. The van der Waals surface area contributed by atoms with Crippen LogP contribution in [-0.4, -0.2) is 27.8 Å². The van der Waals surface area contributed by atoms with E-state index in [1.165, 1.54) is 44.3 Å². The van der Waals surface area contributed by atoms with Crippen molar-refractivity contribution in [2.75, 3.05) is 13.1 Å². The summed E-state index contributed by atoms with van der Waals surface area (Å²) in [5, 5.41) is 5.15. The zero-order valence-corrected chi connectivity index (χ0v) is 10.9. The van der Waals surface area contributed by atoms with Gasteiger partial charge in [0.05, 0.1) is 5.69 Å². The number of rotatable bonds is 2. The van der Waals surface area contributed by atoms with Crippen LogP contribution in [0, 0.1) is 6.92 Å². The van der Waals surface area contributed by atoms with Crippen LogP contribution in [0.15, 0.2) is 0 Å². The van der Waals surface area contributed by atoms with Crippen molar-refractivity contribution < 1.29 is 0 Å². The minimum absolute atomic E-state index is 0.793. The number of hydrogen-bond donors (Lipinski definition) is 0. The molecule has 1 aromatic rings. The molecule has 1 aliphatic heterocycles. The lowest BCUT2D eigenvalue weighted by Gasteiger charge is -2.19. The van der Waals surface area contributed by atoms with Gasteiger partial charge in [-0.15, -0.1) is 0 Å². The Morgan fingerprint density at radius 3 is 2.31 bits per heavy atom. The normalized spacial score (nSPS) is 18.7. The van der Waals surface area contributed by atoms with Crippen molar-refractivity contribution in [3.05, 3.63) is 16.4 Å². The molecular formula is C12H20ClN3. The SMILES string of the molecule is Cc1nn(C)c(Cl)c1CN1CCCCCC1. The maximum absolute atomic E-state index is 6.25. The lowest BCUT2D eigenvalue weighted by molar-refractivity contribution is 0.276. The summed E-state index contributed by atoms with van der Waals surface area (Å²) in [5.41, 5.74) is 2.27. The molecule has 0 aromatic carbocycles. The van der Waals surface area contributed by atoms with Crippen LogP contribution in [0.1, 0.15) is 36.9 Å². The zero-order valence-electron chi connectivity index (χ0n) is 10.2. The highest BCUT2D eigenvalue weighted by atomic mass is 35.5. The van der Waals surface area contributed by atoms with Crippen LogP contribution in [0.2, 0.25) is 5.15 Å². The summed E-state index contributed by atoms with van der Waals surface area (Å²) >= 11 is 6.25. The van der Waals surface area contributed by atoms with Crippen LogP contribution < -0.4 is 0 Å². The first-order chi connectivity index (χ1) is 7.68. The number of aromatic nitrogens is 2. The van der Waals surface area contributed by atoms with Gasteiger partial charge in [-0.05, 0) is 32.9 Å². The van der Waals surface area contributed by atoms with E-state index in [4.69, 9.17) is 11.6 Å². The van der Waals surface area contributed by atoms with Crippen LogP contribution in [0.5, 0.6) is 0 Å². The van der Waals surface area contributed by atoms with Crippen molar-refractivity contribution in [1.29, 1.82) is 0 Å². The summed E-state index contributed by atoms with van der Waals surface area (Å²) in [6.07, 6.45) is 5.38. The highest BCUT2D eigenvalue weighted by Crippen LogP contribution is 2.22. The first kappa shape index (κ1) is 11.9. The highest BCUT2D eigenvalue weighted by molar-refractivity contribution is 6.30. The Kier molecular flexibility index (Phi) is 3.87. The van der Waals surface area contributed by atoms with E-state index in [0.29, 0.717) is 0 Å². The molecule has 0 saturated carbocycles. The van der Waals surface area contributed by atoms with Gasteiger partial charge in [0.2, 0.25) is 0 Å². The molecule has 4 heteroatoms. The van der Waals surface area contributed by atoms with Gasteiger partial charge in [-0.2, -0.15) is 5.10 Å². The maximum atomic E-state index is 6.25. The van der Waals surface area contributed by atoms with Gasteiger partial charge in [0, 0.05) is 19.2 Å². The quantitative estimate of drug-likeness (QED) is 0.794. The molecule has 2 rings (SSSR count).